The Morgan fingerprint density at radius 1 is 1.37 bits per heavy atom. The number of aromatic nitrogens is 3. The number of halogens is 1. The molecule has 35 heavy (non-hydrogen) atoms. The van der Waals surface area contributed by atoms with Crippen molar-refractivity contribution in [1.29, 1.82) is 0 Å². The van der Waals surface area contributed by atoms with Gasteiger partial charge in [0.25, 0.3) is 0 Å². The van der Waals surface area contributed by atoms with Crippen LogP contribution in [-0.2, 0) is 11.2 Å². The number of carboxylic acids is 1. The van der Waals surface area contributed by atoms with E-state index in [-0.39, 0.29) is 12.5 Å². The van der Waals surface area contributed by atoms with Crippen LogP contribution < -0.4 is 5.73 Å². The van der Waals surface area contributed by atoms with Gasteiger partial charge in [0, 0.05) is 18.0 Å². The average molecular weight is 538 g/mol. The highest BCUT2D eigenvalue weighted by molar-refractivity contribution is 9.10. The Hall–Kier alpha value is -2.97. The van der Waals surface area contributed by atoms with Gasteiger partial charge in [-0.1, -0.05) is 49.4 Å². The Bertz CT molecular complexity index is 1300. The lowest BCUT2D eigenvalue weighted by Gasteiger charge is -2.31. The zero-order chi connectivity index (χ0) is 25.1. The first kappa shape index (κ1) is 25.1. The Labute approximate surface area is 214 Å². The number of allylic oxidation sites excluding steroid dienone is 2. The van der Waals surface area contributed by atoms with Gasteiger partial charge in [-0.15, -0.1) is 0 Å². The third-order valence-corrected chi connectivity index (χ3v) is 7.50. The summed E-state index contributed by atoms with van der Waals surface area (Å²) in [6.45, 7) is 9.83. The van der Waals surface area contributed by atoms with Gasteiger partial charge in [-0.2, -0.15) is 9.61 Å². The van der Waals surface area contributed by atoms with Crippen molar-refractivity contribution >= 4 is 45.0 Å². The maximum absolute atomic E-state index is 11.2. The predicted octanol–water partition coefficient (Wildman–Crippen LogP) is 5.41. The smallest absolute Gasteiger partial charge is 0.317 e. The van der Waals surface area contributed by atoms with Crippen molar-refractivity contribution < 1.29 is 9.90 Å². The molecular formula is C27H32BrN5O2. The number of fused-ring (bicyclic) bond motifs is 1. The van der Waals surface area contributed by atoms with Gasteiger partial charge in [0.1, 0.15) is 5.82 Å². The molecule has 0 aliphatic carbocycles. The molecule has 1 aromatic carbocycles. The predicted molar refractivity (Wildman–Crippen MR) is 144 cm³/mol. The summed E-state index contributed by atoms with van der Waals surface area (Å²) in [5, 5.41) is 13.7. The molecule has 1 unspecified atom stereocenters. The quantitative estimate of drug-likeness (QED) is 0.373. The number of nitrogens with two attached hydrogens (primary N) is 1. The molecule has 8 heteroatoms. The topological polar surface area (TPSA) is 96.8 Å². The van der Waals surface area contributed by atoms with Crippen molar-refractivity contribution in [3.63, 3.8) is 0 Å². The molecule has 7 nitrogen and oxygen atoms in total. The van der Waals surface area contributed by atoms with Gasteiger partial charge >= 0.3 is 5.97 Å². The standard InChI is InChI=1S/C27H32BrN5O2/c1-4-17(2)12-19-8-5-6-9-20(19)13-18(3)22-14-30-33-26(29)24(28)25(31-27(22)33)21-10-7-11-32(15-21)16-23(34)35/h5-6,8-9,13-14,21H,2,4,7,10-12,15-16,29H2,1,3H3,(H,34,35)/b18-13+. The SMILES string of the molecule is C=C(CC)Cc1ccccc1/C=C(\C)c1cnn2c(N)c(Br)c(C3CCCN(CC(=O)O)C3)nc12. The molecular weight excluding hydrogens is 506 g/mol. The number of hydrogen-bond donors (Lipinski definition) is 2. The van der Waals surface area contributed by atoms with Gasteiger partial charge in [0.15, 0.2) is 5.65 Å². The molecule has 3 N–H and O–H groups in total. The van der Waals surface area contributed by atoms with Gasteiger partial charge < -0.3 is 10.8 Å². The summed E-state index contributed by atoms with van der Waals surface area (Å²) in [7, 11) is 0. The number of nitrogens with zero attached hydrogens (tertiary/aromatic N) is 4. The summed E-state index contributed by atoms with van der Waals surface area (Å²) >= 11 is 3.64. The number of hydrogen-bond acceptors (Lipinski definition) is 5. The Morgan fingerprint density at radius 3 is 2.89 bits per heavy atom. The van der Waals surface area contributed by atoms with Crippen LogP contribution in [0.3, 0.4) is 0 Å². The highest BCUT2D eigenvalue weighted by Crippen LogP contribution is 2.36. The molecule has 0 bridgehead atoms. The minimum atomic E-state index is -0.811. The summed E-state index contributed by atoms with van der Waals surface area (Å²) in [5.41, 5.74) is 13.6. The van der Waals surface area contributed by atoms with E-state index in [2.05, 4.69) is 65.7 Å². The second-order valence-electron chi connectivity index (χ2n) is 9.26. The molecule has 0 saturated carbocycles. The summed E-state index contributed by atoms with van der Waals surface area (Å²) in [6.07, 6.45) is 7.64. The summed E-state index contributed by atoms with van der Waals surface area (Å²) in [6, 6.07) is 8.37. The van der Waals surface area contributed by atoms with Crippen LogP contribution in [-0.4, -0.2) is 50.2 Å². The number of aliphatic carboxylic acids is 1. The average Bonchev–Trinajstić information content (AvgIpc) is 3.26. The van der Waals surface area contributed by atoms with Crippen molar-refractivity contribution in [2.75, 3.05) is 25.4 Å². The van der Waals surface area contributed by atoms with Gasteiger partial charge in [-0.05, 0) is 71.8 Å². The summed E-state index contributed by atoms with van der Waals surface area (Å²) in [5.74, 6) is -0.217. The normalized spacial score (nSPS) is 17.1. The molecule has 0 amide bonds. The van der Waals surface area contributed by atoms with Crippen LogP contribution in [0.15, 0.2) is 47.1 Å². The number of piperidine rings is 1. The molecule has 184 valence electrons. The molecule has 1 fully saturated rings. The van der Waals surface area contributed by atoms with E-state index in [0.717, 1.165) is 59.1 Å². The fourth-order valence-electron chi connectivity index (χ4n) is 4.72. The van der Waals surface area contributed by atoms with E-state index in [9.17, 15) is 9.90 Å². The molecule has 1 aliphatic heterocycles. The van der Waals surface area contributed by atoms with Crippen LogP contribution in [0.25, 0.3) is 17.3 Å². The van der Waals surface area contributed by atoms with E-state index in [0.29, 0.717) is 18.0 Å². The molecule has 1 atom stereocenters. The second kappa shape index (κ2) is 10.7. The number of likely N-dealkylation sites (tertiary alicyclic amines) is 1. The van der Waals surface area contributed by atoms with Crippen molar-refractivity contribution in [1.82, 2.24) is 19.5 Å². The third kappa shape index (κ3) is 5.49. The molecule has 0 spiro atoms. The van der Waals surface area contributed by atoms with E-state index in [1.165, 1.54) is 11.1 Å². The molecule has 0 radical (unpaired) electrons. The number of rotatable bonds is 8. The van der Waals surface area contributed by atoms with E-state index < -0.39 is 5.97 Å². The monoisotopic (exact) mass is 537 g/mol. The first-order valence-corrected chi connectivity index (χ1v) is 12.8. The van der Waals surface area contributed by atoms with Crippen molar-refractivity contribution in [3.05, 3.63) is 69.5 Å². The lowest BCUT2D eigenvalue weighted by Crippen LogP contribution is -2.38. The summed E-state index contributed by atoms with van der Waals surface area (Å²) in [4.78, 5) is 18.2. The number of benzene rings is 1. The van der Waals surface area contributed by atoms with E-state index in [4.69, 9.17) is 10.7 Å². The van der Waals surface area contributed by atoms with Gasteiger partial charge in [-0.25, -0.2) is 4.98 Å². The first-order chi connectivity index (χ1) is 16.8. The Morgan fingerprint density at radius 2 is 2.14 bits per heavy atom. The van der Waals surface area contributed by atoms with Gasteiger partial charge in [0.2, 0.25) is 0 Å². The lowest BCUT2D eigenvalue weighted by molar-refractivity contribution is -0.138. The minimum Gasteiger partial charge on any atom is -0.480 e. The van der Waals surface area contributed by atoms with Crippen LogP contribution in [0.4, 0.5) is 5.82 Å². The maximum Gasteiger partial charge on any atom is 0.317 e. The lowest BCUT2D eigenvalue weighted by atomic mass is 9.94. The fourth-order valence-corrected chi connectivity index (χ4v) is 5.30. The maximum atomic E-state index is 11.2. The molecule has 4 rings (SSSR count). The van der Waals surface area contributed by atoms with Crippen molar-refractivity contribution in [3.8, 4) is 0 Å². The van der Waals surface area contributed by atoms with E-state index in [1.54, 1.807) is 4.52 Å². The molecule has 3 aromatic rings. The van der Waals surface area contributed by atoms with Crippen LogP contribution in [0.2, 0.25) is 0 Å². The molecule has 2 aromatic heterocycles. The first-order valence-electron chi connectivity index (χ1n) is 12.0. The van der Waals surface area contributed by atoms with Gasteiger partial charge in [-0.3, -0.25) is 9.69 Å². The molecule has 1 saturated heterocycles. The van der Waals surface area contributed by atoms with Crippen LogP contribution in [0.5, 0.6) is 0 Å². The molecule has 1 aliphatic rings. The zero-order valence-electron chi connectivity index (χ0n) is 20.3. The largest absolute Gasteiger partial charge is 0.480 e. The van der Waals surface area contributed by atoms with Gasteiger partial charge in [0.05, 0.1) is 22.9 Å². The Balaban J connectivity index is 1.72. The number of nitrogen functional groups attached to an aromatic ring is 1. The highest BCUT2D eigenvalue weighted by atomic mass is 79.9. The van der Waals surface area contributed by atoms with E-state index >= 15 is 0 Å². The zero-order valence-corrected chi connectivity index (χ0v) is 21.9. The fraction of sp³-hybridized carbons (Fsp3) is 0.370. The number of carboxylic acid groups (broad SMARTS) is 1. The number of anilines is 1. The highest BCUT2D eigenvalue weighted by Gasteiger charge is 2.27. The summed E-state index contributed by atoms with van der Waals surface area (Å²) < 4.78 is 2.40. The van der Waals surface area contributed by atoms with Crippen LogP contribution >= 0.6 is 15.9 Å². The molecule has 3 heterocycles. The minimum absolute atomic E-state index is 0.0372. The van der Waals surface area contributed by atoms with Crippen molar-refractivity contribution in [2.24, 2.45) is 0 Å². The third-order valence-electron chi connectivity index (χ3n) is 6.69. The van der Waals surface area contributed by atoms with Crippen molar-refractivity contribution in [2.45, 2.75) is 45.4 Å². The van der Waals surface area contributed by atoms with Crippen LogP contribution in [0.1, 0.15) is 61.4 Å². The van der Waals surface area contributed by atoms with E-state index in [1.807, 2.05) is 17.2 Å². The second-order valence-corrected chi connectivity index (χ2v) is 10.1. The Kier molecular flexibility index (Phi) is 7.72. The van der Waals surface area contributed by atoms with Crippen LogP contribution in [0, 0.1) is 0 Å². The number of carbonyl (C=O) groups is 1.